The second kappa shape index (κ2) is 4.60. The number of nitrogens with zero attached hydrogens (tertiary/aromatic N) is 1. The van der Waals surface area contributed by atoms with Crippen LogP contribution in [-0.4, -0.2) is 10.1 Å². The fraction of sp³-hybridized carbons (Fsp3) is 0.143. The molecule has 0 radical (unpaired) electrons. The predicted molar refractivity (Wildman–Crippen MR) is 53.7 cm³/mol. The van der Waals surface area contributed by atoms with Crippen molar-refractivity contribution >= 4 is 39.9 Å². The molecular weight excluding hydrogens is 288 g/mol. The summed E-state index contributed by atoms with van der Waals surface area (Å²) >= 11 is 10.6. The van der Waals surface area contributed by atoms with Gasteiger partial charge >= 0.3 is 22.8 Å². The van der Waals surface area contributed by atoms with Gasteiger partial charge in [0.25, 0.3) is 0 Å². The standard InChI is InChI=1S/C7H2Cl2F3N2OS/c8-3-1-2(7(10,11)12)4(5(9)14-3)6(15)16-13/h1,13H/q+1. The van der Waals surface area contributed by atoms with E-state index >= 15 is 0 Å². The molecule has 0 aromatic carbocycles. The summed E-state index contributed by atoms with van der Waals surface area (Å²) in [5, 5.41) is -2.27. The number of nitrogens with one attached hydrogen (secondary N) is 1. The summed E-state index contributed by atoms with van der Waals surface area (Å²) in [6.07, 6.45) is -4.78. The highest BCUT2D eigenvalue weighted by Gasteiger charge is 2.40. The zero-order valence-electron chi connectivity index (χ0n) is 7.23. The van der Waals surface area contributed by atoms with Gasteiger partial charge in [0.2, 0.25) is 0 Å². The second-order valence-corrected chi connectivity index (χ2v) is 3.87. The largest absolute Gasteiger partial charge is 0.468 e. The lowest BCUT2D eigenvalue weighted by atomic mass is 10.1. The lowest BCUT2D eigenvalue weighted by molar-refractivity contribution is -0.137. The van der Waals surface area contributed by atoms with Gasteiger partial charge in [0, 0.05) is 0 Å². The van der Waals surface area contributed by atoms with Gasteiger partial charge < -0.3 is 0 Å². The number of carbonyl (C=O) groups excluding carboxylic acids is 1. The number of aromatic nitrogens is 1. The Kier molecular flexibility index (Phi) is 3.82. The van der Waals surface area contributed by atoms with Crippen molar-refractivity contribution in [2.45, 2.75) is 6.18 Å². The second-order valence-electron chi connectivity index (χ2n) is 2.55. The van der Waals surface area contributed by atoms with E-state index in [0.29, 0.717) is 6.07 Å². The Morgan fingerprint density at radius 3 is 2.44 bits per heavy atom. The highest BCUT2D eigenvalue weighted by Crippen LogP contribution is 2.36. The zero-order chi connectivity index (χ0) is 12.5. The summed E-state index contributed by atoms with van der Waals surface area (Å²) in [6, 6.07) is 0.497. The van der Waals surface area contributed by atoms with E-state index < -0.39 is 32.7 Å². The first-order valence-corrected chi connectivity index (χ1v) is 5.15. The molecule has 86 valence electrons. The minimum Gasteiger partial charge on any atom is -0.223 e. The third-order valence-electron chi connectivity index (χ3n) is 1.55. The number of hydrogen-bond donors (Lipinski definition) is 1. The Bertz CT molecular complexity index is 464. The van der Waals surface area contributed by atoms with Crippen molar-refractivity contribution < 1.29 is 18.0 Å². The summed E-state index contributed by atoms with van der Waals surface area (Å²) in [5.74, 6) is 0. The monoisotopic (exact) mass is 289 g/mol. The predicted octanol–water partition coefficient (Wildman–Crippen LogP) is 3.39. The first kappa shape index (κ1) is 13.3. The number of rotatable bonds is 1. The van der Waals surface area contributed by atoms with Crippen LogP contribution >= 0.6 is 23.2 Å². The van der Waals surface area contributed by atoms with Crippen molar-refractivity contribution in [3.8, 4) is 0 Å². The van der Waals surface area contributed by atoms with Gasteiger partial charge in [-0.1, -0.05) is 23.2 Å². The molecule has 0 unspecified atom stereocenters. The summed E-state index contributed by atoms with van der Waals surface area (Å²) in [7, 11) is 0. The Morgan fingerprint density at radius 1 is 1.44 bits per heavy atom. The molecule has 9 heteroatoms. The Morgan fingerprint density at radius 2 is 2.00 bits per heavy atom. The summed E-state index contributed by atoms with van der Waals surface area (Å²) in [5.41, 5.74) is -2.14. The molecule has 0 bridgehead atoms. The molecule has 0 spiro atoms. The van der Waals surface area contributed by atoms with Crippen LogP contribution < -0.4 is 0 Å². The van der Waals surface area contributed by atoms with Crippen LogP contribution in [-0.2, 0) is 17.7 Å². The molecule has 0 aliphatic rings. The van der Waals surface area contributed by atoms with E-state index in [-0.39, 0.29) is 11.6 Å². The van der Waals surface area contributed by atoms with Crippen LogP contribution in [0.15, 0.2) is 6.07 Å². The fourth-order valence-corrected chi connectivity index (χ4v) is 1.83. The quantitative estimate of drug-likeness (QED) is 0.636. The lowest BCUT2D eigenvalue weighted by Crippen LogP contribution is -2.14. The Balaban J connectivity index is 3.57. The van der Waals surface area contributed by atoms with Crippen molar-refractivity contribution in [2.75, 3.05) is 0 Å². The van der Waals surface area contributed by atoms with Gasteiger partial charge in [-0.15, -0.1) is 0 Å². The fourth-order valence-electron chi connectivity index (χ4n) is 0.953. The van der Waals surface area contributed by atoms with Crippen molar-refractivity contribution in [1.82, 2.24) is 4.98 Å². The Hall–Kier alpha value is -0.790. The molecule has 0 aliphatic heterocycles. The number of halogens is 5. The van der Waals surface area contributed by atoms with Crippen LogP contribution in [0.25, 0.3) is 0 Å². The zero-order valence-corrected chi connectivity index (χ0v) is 9.56. The molecule has 0 saturated carbocycles. The average Bonchev–Trinajstić information content (AvgIpc) is 2.14. The van der Waals surface area contributed by atoms with E-state index in [4.69, 9.17) is 28.0 Å². The molecule has 0 saturated heterocycles. The van der Waals surface area contributed by atoms with Gasteiger partial charge in [-0.05, 0) is 10.8 Å². The molecule has 1 aromatic rings. The summed E-state index contributed by atoms with van der Waals surface area (Å²) < 4.78 is 44.3. The number of alkyl halides is 3. The minimum atomic E-state index is -4.78. The lowest BCUT2D eigenvalue weighted by Gasteiger charge is -2.09. The van der Waals surface area contributed by atoms with E-state index in [2.05, 4.69) is 4.98 Å². The van der Waals surface area contributed by atoms with Crippen LogP contribution in [0, 0.1) is 4.78 Å². The van der Waals surface area contributed by atoms with Gasteiger partial charge in [0.15, 0.2) is 0 Å². The maximum Gasteiger partial charge on any atom is 0.468 e. The SMILES string of the molecule is N=[S+]C(=O)c1c(C(F)(F)F)cc(Cl)nc1Cl. The van der Waals surface area contributed by atoms with E-state index in [0.717, 1.165) is 0 Å². The first-order valence-electron chi connectivity index (χ1n) is 3.58. The van der Waals surface area contributed by atoms with Crippen LogP contribution in [0.1, 0.15) is 15.9 Å². The number of carbonyl (C=O) groups is 1. The first-order chi connectivity index (χ1) is 7.27. The normalized spacial score (nSPS) is 11.3. The van der Waals surface area contributed by atoms with E-state index in [1.807, 2.05) is 0 Å². The summed E-state index contributed by atoms with van der Waals surface area (Å²) in [6.45, 7) is 0. The molecule has 0 aliphatic carbocycles. The van der Waals surface area contributed by atoms with E-state index in [1.165, 1.54) is 0 Å². The molecular formula is C7H2Cl2F3N2OS+. The van der Waals surface area contributed by atoms with Gasteiger partial charge in [-0.2, -0.15) is 13.2 Å². The molecule has 0 fully saturated rings. The van der Waals surface area contributed by atoms with Crippen molar-refractivity contribution in [3.05, 3.63) is 27.5 Å². The molecule has 1 rings (SSSR count). The number of pyridine rings is 1. The molecule has 0 amide bonds. The molecule has 16 heavy (non-hydrogen) atoms. The maximum absolute atomic E-state index is 12.5. The van der Waals surface area contributed by atoms with Gasteiger partial charge in [0.05, 0.1) is 5.56 Å². The highest BCUT2D eigenvalue weighted by atomic mass is 35.5. The average molecular weight is 290 g/mol. The molecule has 1 N–H and O–H groups in total. The van der Waals surface area contributed by atoms with Crippen molar-refractivity contribution in [1.29, 1.82) is 4.78 Å². The van der Waals surface area contributed by atoms with Crippen molar-refractivity contribution in [2.24, 2.45) is 0 Å². The van der Waals surface area contributed by atoms with E-state index in [1.54, 1.807) is 0 Å². The van der Waals surface area contributed by atoms with Gasteiger partial charge in [-0.3, -0.25) is 0 Å². The topological polar surface area (TPSA) is 53.8 Å². The highest BCUT2D eigenvalue weighted by molar-refractivity contribution is 7.84. The maximum atomic E-state index is 12.5. The molecule has 1 aromatic heterocycles. The number of hydrogen-bond acceptors (Lipinski definition) is 3. The molecule has 3 nitrogen and oxygen atoms in total. The van der Waals surface area contributed by atoms with E-state index in [9.17, 15) is 18.0 Å². The van der Waals surface area contributed by atoms with Crippen LogP contribution in [0.2, 0.25) is 10.3 Å². The van der Waals surface area contributed by atoms with Gasteiger partial charge in [-0.25, -0.2) is 9.78 Å². The minimum absolute atomic E-state index is 0.128. The van der Waals surface area contributed by atoms with Crippen LogP contribution in [0.3, 0.4) is 0 Å². The van der Waals surface area contributed by atoms with Gasteiger partial charge in [0.1, 0.15) is 15.9 Å². The van der Waals surface area contributed by atoms with Crippen LogP contribution in [0.5, 0.6) is 0 Å². The molecule has 1 heterocycles. The third kappa shape index (κ3) is 2.66. The van der Waals surface area contributed by atoms with Crippen molar-refractivity contribution in [3.63, 3.8) is 0 Å². The summed E-state index contributed by atoms with van der Waals surface area (Å²) in [4.78, 5) is 14.5. The van der Waals surface area contributed by atoms with Crippen LogP contribution in [0.4, 0.5) is 13.2 Å². The smallest absolute Gasteiger partial charge is 0.223 e. The third-order valence-corrected chi connectivity index (χ3v) is 2.40. The Labute approximate surface area is 101 Å². The molecule has 0 atom stereocenters.